The van der Waals surface area contributed by atoms with E-state index < -0.39 is 11.4 Å². The largest absolute Gasteiger partial charge is 0.494 e. The van der Waals surface area contributed by atoms with Gasteiger partial charge in [0.05, 0.1) is 12.0 Å². The van der Waals surface area contributed by atoms with Crippen LogP contribution >= 0.6 is 0 Å². The lowest BCUT2D eigenvalue weighted by Gasteiger charge is -2.39. The van der Waals surface area contributed by atoms with Crippen molar-refractivity contribution in [1.82, 2.24) is 9.97 Å². The minimum absolute atomic E-state index is 0.349. The van der Waals surface area contributed by atoms with Crippen molar-refractivity contribution in [3.8, 4) is 5.75 Å². The van der Waals surface area contributed by atoms with Crippen LogP contribution in [0.15, 0.2) is 42.6 Å². The second-order valence-corrected chi connectivity index (χ2v) is 6.30. The molecule has 1 aromatic carbocycles. The maximum Gasteiger partial charge on any atom is 0.311 e. The Morgan fingerprint density at radius 3 is 2.84 bits per heavy atom. The van der Waals surface area contributed by atoms with E-state index in [1.165, 1.54) is 0 Å². The summed E-state index contributed by atoms with van der Waals surface area (Å²) < 4.78 is 5.71. The summed E-state index contributed by atoms with van der Waals surface area (Å²) in [6.45, 7) is 1.42. The molecule has 3 N–H and O–H groups in total. The van der Waals surface area contributed by atoms with E-state index in [9.17, 15) is 9.90 Å². The summed E-state index contributed by atoms with van der Waals surface area (Å²) in [5, 5.41) is 9.86. The molecule has 0 aliphatic carbocycles. The Morgan fingerprint density at radius 1 is 1.32 bits per heavy atom. The van der Waals surface area contributed by atoms with E-state index >= 15 is 0 Å². The van der Waals surface area contributed by atoms with Crippen LogP contribution in [-0.4, -0.2) is 40.7 Å². The first-order valence-electron chi connectivity index (χ1n) is 8.34. The summed E-state index contributed by atoms with van der Waals surface area (Å²) in [5.74, 6) is 0.797. The summed E-state index contributed by atoms with van der Waals surface area (Å²) >= 11 is 0. The quantitative estimate of drug-likeness (QED) is 0.829. The van der Waals surface area contributed by atoms with Gasteiger partial charge in [0.25, 0.3) is 0 Å². The molecule has 0 spiro atoms. The lowest BCUT2D eigenvalue weighted by Crippen LogP contribution is -2.49. The first-order chi connectivity index (χ1) is 12.1. The number of nitrogens with two attached hydrogens (primary N) is 1. The summed E-state index contributed by atoms with van der Waals surface area (Å²) in [4.78, 5) is 22.4. The van der Waals surface area contributed by atoms with Crippen LogP contribution in [0, 0.1) is 5.41 Å². The van der Waals surface area contributed by atoms with E-state index in [0.717, 1.165) is 18.7 Å². The summed E-state index contributed by atoms with van der Waals surface area (Å²) in [7, 11) is 0. The van der Waals surface area contributed by atoms with Crippen molar-refractivity contribution >= 4 is 17.7 Å². The number of carboxylic acids is 1. The second-order valence-electron chi connectivity index (χ2n) is 6.30. The van der Waals surface area contributed by atoms with Crippen LogP contribution in [0.25, 0.3) is 0 Å². The first kappa shape index (κ1) is 17.0. The highest BCUT2D eigenvalue weighted by Gasteiger charge is 2.43. The SMILES string of the molecule is Nc1ccnc(N2CCC[C@](CCOc3ccccc3)(C(=O)O)C2)n1. The van der Waals surface area contributed by atoms with Crippen molar-refractivity contribution < 1.29 is 14.6 Å². The minimum atomic E-state index is -0.874. The van der Waals surface area contributed by atoms with Gasteiger partial charge in [-0.25, -0.2) is 4.98 Å². The average molecular weight is 342 g/mol. The van der Waals surface area contributed by atoms with Crippen LogP contribution < -0.4 is 15.4 Å². The van der Waals surface area contributed by atoms with Gasteiger partial charge in [0.15, 0.2) is 0 Å². The zero-order valence-electron chi connectivity index (χ0n) is 14.0. The number of carbonyl (C=O) groups is 1. The van der Waals surface area contributed by atoms with Crippen LogP contribution in [-0.2, 0) is 4.79 Å². The highest BCUT2D eigenvalue weighted by atomic mass is 16.5. The summed E-state index contributed by atoms with van der Waals surface area (Å²) in [6.07, 6.45) is 3.39. The van der Waals surface area contributed by atoms with Gasteiger partial charge < -0.3 is 20.5 Å². The number of hydrogen-bond acceptors (Lipinski definition) is 6. The van der Waals surface area contributed by atoms with E-state index in [1.807, 2.05) is 35.2 Å². The number of aliphatic carboxylic acids is 1. The number of aromatic nitrogens is 2. The van der Waals surface area contributed by atoms with Crippen LogP contribution in [0.1, 0.15) is 19.3 Å². The number of piperidine rings is 1. The van der Waals surface area contributed by atoms with Crippen molar-refractivity contribution in [3.05, 3.63) is 42.6 Å². The number of carboxylic acid groups (broad SMARTS) is 1. The van der Waals surface area contributed by atoms with E-state index in [-0.39, 0.29) is 0 Å². The monoisotopic (exact) mass is 342 g/mol. The Kier molecular flexibility index (Phi) is 5.02. The fourth-order valence-electron chi connectivity index (χ4n) is 3.18. The molecule has 1 fully saturated rings. The Hall–Kier alpha value is -2.83. The van der Waals surface area contributed by atoms with Crippen molar-refractivity contribution in [2.75, 3.05) is 30.3 Å². The second kappa shape index (κ2) is 7.38. The number of ether oxygens (including phenoxy) is 1. The molecule has 7 heteroatoms. The van der Waals surface area contributed by atoms with Gasteiger partial charge in [-0.2, -0.15) is 4.98 Å². The average Bonchev–Trinajstić information content (AvgIpc) is 2.63. The molecule has 1 saturated heterocycles. The number of hydrogen-bond donors (Lipinski definition) is 2. The third-order valence-corrected chi connectivity index (χ3v) is 4.57. The van der Waals surface area contributed by atoms with Gasteiger partial charge in [0.1, 0.15) is 11.6 Å². The zero-order chi connectivity index (χ0) is 17.7. The number of anilines is 2. The predicted octanol–water partition coefficient (Wildman–Crippen LogP) is 2.20. The predicted molar refractivity (Wildman–Crippen MR) is 94.5 cm³/mol. The van der Waals surface area contributed by atoms with E-state index in [0.29, 0.717) is 37.8 Å². The molecule has 0 radical (unpaired) electrons. The summed E-state index contributed by atoms with van der Waals surface area (Å²) in [6, 6.07) is 11.0. The van der Waals surface area contributed by atoms with Crippen LogP contribution in [0.3, 0.4) is 0 Å². The van der Waals surface area contributed by atoms with Gasteiger partial charge in [-0.1, -0.05) is 18.2 Å². The molecule has 0 unspecified atom stereocenters. The molecule has 0 saturated carbocycles. The molecule has 2 heterocycles. The lowest BCUT2D eigenvalue weighted by atomic mass is 9.77. The molecule has 7 nitrogen and oxygen atoms in total. The zero-order valence-corrected chi connectivity index (χ0v) is 14.0. The van der Waals surface area contributed by atoms with Gasteiger partial charge in [-0.15, -0.1) is 0 Å². The third kappa shape index (κ3) is 3.99. The standard InChI is InChI=1S/C18H22N4O3/c19-15-7-10-20-17(21-15)22-11-4-8-18(13-22,16(23)24)9-12-25-14-5-2-1-3-6-14/h1-3,5-7,10H,4,8-9,11-13H2,(H,23,24)(H2,19,20,21)/t18-/m1/s1. The van der Waals surface area contributed by atoms with Gasteiger partial charge in [-0.05, 0) is 37.5 Å². The molecule has 3 rings (SSSR count). The number of nitrogens with zero attached hydrogens (tertiary/aromatic N) is 3. The lowest BCUT2D eigenvalue weighted by molar-refractivity contribution is -0.150. The van der Waals surface area contributed by atoms with Gasteiger partial charge in [0.2, 0.25) is 5.95 Å². The van der Waals surface area contributed by atoms with Crippen molar-refractivity contribution in [2.45, 2.75) is 19.3 Å². The van der Waals surface area contributed by atoms with Crippen LogP contribution in [0.4, 0.5) is 11.8 Å². The highest BCUT2D eigenvalue weighted by molar-refractivity contribution is 5.76. The van der Waals surface area contributed by atoms with Crippen LogP contribution in [0.5, 0.6) is 5.75 Å². The van der Waals surface area contributed by atoms with Gasteiger partial charge >= 0.3 is 5.97 Å². The maximum atomic E-state index is 12.0. The molecule has 1 atom stereocenters. The van der Waals surface area contributed by atoms with Crippen molar-refractivity contribution in [2.24, 2.45) is 5.41 Å². The molecule has 0 bridgehead atoms. The van der Waals surface area contributed by atoms with E-state index in [2.05, 4.69) is 9.97 Å². The Balaban J connectivity index is 1.69. The smallest absolute Gasteiger partial charge is 0.311 e. The van der Waals surface area contributed by atoms with Gasteiger partial charge in [0, 0.05) is 19.3 Å². The number of benzene rings is 1. The minimum Gasteiger partial charge on any atom is -0.494 e. The third-order valence-electron chi connectivity index (χ3n) is 4.57. The van der Waals surface area contributed by atoms with E-state index in [1.54, 1.807) is 12.3 Å². The molecular weight excluding hydrogens is 320 g/mol. The molecule has 0 amide bonds. The normalized spacial score (nSPS) is 20.2. The fraction of sp³-hybridized carbons (Fsp3) is 0.389. The van der Waals surface area contributed by atoms with E-state index in [4.69, 9.17) is 10.5 Å². The number of rotatable bonds is 6. The molecule has 1 aliphatic rings. The van der Waals surface area contributed by atoms with Gasteiger partial charge in [-0.3, -0.25) is 4.79 Å². The Labute approximate surface area is 146 Å². The molecule has 1 aromatic heterocycles. The van der Waals surface area contributed by atoms with Crippen LogP contribution in [0.2, 0.25) is 0 Å². The van der Waals surface area contributed by atoms with Crippen molar-refractivity contribution in [3.63, 3.8) is 0 Å². The molecule has 1 aliphatic heterocycles. The number of para-hydroxylation sites is 1. The molecule has 2 aromatic rings. The summed E-state index contributed by atoms with van der Waals surface area (Å²) in [5.41, 5.74) is 4.85. The number of nitrogen functional groups attached to an aromatic ring is 1. The Morgan fingerprint density at radius 2 is 2.12 bits per heavy atom. The fourth-order valence-corrected chi connectivity index (χ4v) is 3.18. The molecule has 132 valence electrons. The Bertz CT molecular complexity index is 725. The first-order valence-corrected chi connectivity index (χ1v) is 8.34. The van der Waals surface area contributed by atoms with Crippen molar-refractivity contribution in [1.29, 1.82) is 0 Å². The highest BCUT2D eigenvalue weighted by Crippen LogP contribution is 2.35. The maximum absolute atomic E-state index is 12.0. The molecular formula is C18H22N4O3. The molecule has 25 heavy (non-hydrogen) atoms. The topological polar surface area (TPSA) is 102 Å².